The highest BCUT2D eigenvalue weighted by Crippen LogP contribution is 2.59. The van der Waals surface area contributed by atoms with Crippen molar-refractivity contribution in [2.24, 2.45) is 40.9 Å². The Balaban J connectivity index is 1.76. The Morgan fingerprint density at radius 2 is 1.75 bits per heavy atom. The van der Waals surface area contributed by atoms with Gasteiger partial charge in [-0.15, -0.1) is 0 Å². The molecule has 0 radical (unpaired) electrons. The first kappa shape index (κ1) is 48.7. The molecule has 0 amide bonds. The van der Waals surface area contributed by atoms with Gasteiger partial charge < -0.3 is 43.7 Å². The van der Waals surface area contributed by atoms with Crippen LogP contribution in [-0.4, -0.2) is 85.7 Å². The second kappa shape index (κ2) is 21.0. The molecule has 1 aromatic heterocycles. The maximum absolute atomic E-state index is 12.4. The maximum atomic E-state index is 12.4. The van der Waals surface area contributed by atoms with Crippen molar-refractivity contribution in [3.05, 3.63) is 23.9 Å². The van der Waals surface area contributed by atoms with Crippen LogP contribution in [0.1, 0.15) is 145 Å². The standard InChI is InChI=1S/C42H73N2O11P/c1-12-26(3)40-44-32(24-52-40)17-14-18-35-30(7)34(46)23-42(53-35)41(9,10)39(55-56(48,49)50)38(54-42)36(51-11)22-33(45)31(8)37(47)29(6)21-28(5)27(4)16-13-15-25(2)19-20-43/h14,17,24-31,33-39,45-47H,12-13,15-16,18-19,21-23H2,1-11H3,(H2,48,49,50)/b17-14+/t25-,26-,27?,28?,29+,30-,31-,33-,34+,35-,36-,37+,38+,39-,42+/m0/s1. The molecule has 2 fully saturated rings. The molecule has 1 aromatic rings. The minimum Gasteiger partial charge on any atom is -0.448 e. The summed E-state index contributed by atoms with van der Waals surface area (Å²) >= 11 is 0. The predicted molar refractivity (Wildman–Crippen MR) is 214 cm³/mol. The first-order valence-electron chi connectivity index (χ1n) is 20.8. The predicted octanol–water partition coefficient (Wildman–Crippen LogP) is 7.76. The Hall–Kier alpha value is -1.69. The van der Waals surface area contributed by atoms with E-state index in [2.05, 4.69) is 38.7 Å². The highest BCUT2D eigenvalue weighted by atomic mass is 31.2. The van der Waals surface area contributed by atoms with Gasteiger partial charge in [0.15, 0.2) is 11.7 Å². The molecule has 2 saturated heterocycles. The summed E-state index contributed by atoms with van der Waals surface area (Å²) in [6.45, 7) is 19.8. The molecule has 3 heterocycles. The van der Waals surface area contributed by atoms with Crippen molar-refractivity contribution < 1.29 is 52.8 Å². The number of oxazole rings is 1. The Labute approximate surface area is 335 Å². The van der Waals surface area contributed by atoms with Crippen LogP contribution >= 0.6 is 7.82 Å². The molecule has 0 aliphatic carbocycles. The van der Waals surface area contributed by atoms with Crippen LogP contribution < -0.4 is 0 Å². The van der Waals surface area contributed by atoms with Gasteiger partial charge in [0.1, 0.15) is 24.2 Å². The number of aromatic nitrogens is 1. The van der Waals surface area contributed by atoms with E-state index in [0.29, 0.717) is 42.2 Å². The molecule has 0 aromatic carbocycles. The van der Waals surface area contributed by atoms with Crippen molar-refractivity contribution in [1.82, 2.24) is 4.98 Å². The fourth-order valence-corrected chi connectivity index (χ4v) is 9.17. The highest BCUT2D eigenvalue weighted by Gasteiger charge is 2.68. The van der Waals surface area contributed by atoms with E-state index in [1.807, 2.05) is 32.9 Å². The molecule has 56 heavy (non-hydrogen) atoms. The molecular weight excluding hydrogens is 739 g/mol. The Bertz CT molecular complexity index is 1460. The van der Waals surface area contributed by atoms with E-state index < -0.39 is 67.7 Å². The Morgan fingerprint density at radius 1 is 1.07 bits per heavy atom. The van der Waals surface area contributed by atoms with Gasteiger partial charge in [-0.05, 0) is 55.4 Å². The number of nitrogens with zero attached hydrogens (tertiary/aromatic N) is 2. The summed E-state index contributed by atoms with van der Waals surface area (Å²) in [7, 11) is -3.63. The zero-order valence-corrected chi connectivity index (χ0v) is 36.6. The molecule has 3 rings (SSSR count). The fourth-order valence-electron chi connectivity index (χ4n) is 8.49. The van der Waals surface area contributed by atoms with Crippen LogP contribution in [0.5, 0.6) is 0 Å². The first-order chi connectivity index (χ1) is 26.1. The van der Waals surface area contributed by atoms with Gasteiger partial charge in [0.05, 0.1) is 36.6 Å². The number of aliphatic hydroxyl groups is 3. The van der Waals surface area contributed by atoms with E-state index in [-0.39, 0.29) is 30.6 Å². The maximum Gasteiger partial charge on any atom is 0.469 e. The smallest absolute Gasteiger partial charge is 0.448 e. The minimum atomic E-state index is -5.07. The van der Waals surface area contributed by atoms with Crippen molar-refractivity contribution in [1.29, 1.82) is 5.26 Å². The number of rotatable bonds is 22. The van der Waals surface area contributed by atoms with E-state index in [1.54, 1.807) is 27.0 Å². The van der Waals surface area contributed by atoms with E-state index in [4.69, 9.17) is 28.4 Å². The normalized spacial score (nSPS) is 30.4. The molecule has 0 bridgehead atoms. The SMILES string of the molecule is CC[C@H](C)c1nc(/C=C/C[C@@H]2O[C@]3(C[C@@H](O)[C@@H]2C)O[C@H]([C@H](C[C@H](O)[C@H](C)[C@H](O)[C@H](C)CC(C)C(C)CCC[C@H](C)CC#N)OC)[C@H](OP(=O)(O)O)C3(C)C)co1. The number of ether oxygens (including phenoxy) is 3. The summed E-state index contributed by atoms with van der Waals surface area (Å²) in [5.74, 6) is -0.476. The van der Waals surface area contributed by atoms with E-state index in [1.165, 1.54) is 7.11 Å². The summed E-state index contributed by atoms with van der Waals surface area (Å²) in [4.78, 5) is 24.7. The van der Waals surface area contributed by atoms with E-state index >= 15 is 0 Å². The molecule has 1 spiro atoms. The number of aliphatic hydroxyl groups excluding tert-OH is 3. The van der Waals surface area contributed by atoms with Crippen LogP contribution in [0.3, 0.4) is 0 Å². The van der Waals surface area contributed by atoms with Crippen molar-refractivity contribution in [3.8, 4) is 6.07 Å². The average molecular weight is 813 g/mol. The zero-order valence-electron chi connectivity index (χ0n) is 35.7. The van der Waals surface area contributed by atoms with Crippen LogP contribution in [-0.2, 0) is 23.3 Å². The molecule has 15 atom stereocenters. The fraction of sp³-hybridized carbons (Fsp3) is 0.857. The minimum absolute atomic E-state index is 0.0154. The average Bonchev–Trinajstić information content (AvgIpc) is 3.68. The van der Waals surface area contributed by atoms with Gasteiger partial charge in [0.25, 0.3) is 0 Å². The lowest BCUT2D eigenvalue weighted by atomic mass is 9.72. The molecule has 2 unspecified atom stereocenters. The van der Waals surface area contributed by atoms with Crippen LogP contribution in [0.15, 0.2) is 16.8 Å². The van der Waals surface area contributed by atoms with E-state index in [0.717, 1.165) is 32.1 Å². The van der Waals surface area contributed by atoms with Gasteiger partial charge >= 0.3 is 7.82 Å². The third-order valence-corrected chi connectivity index (χ3v) is 13.7. The summed E-state index contributed by atoms with van der Waals surface area (Å²) < 4.78 is 42.9. The van der Waals surface area contributed by atoms with Crippen LogP contribution in [0, 0.1) is 52.3 Å². The topological polar surface area (TPSA) is 205 Å². The van der Waals surface area contributed by atoms with Crippen LogP contribution in [0.2, 0.25) is 0 Å². The Kier molecular flexibility index (Phi) is 18.3. The van der Waals surface area contributed by atoms with Gasteiger partial charge in [-0.25, -0.2) is 9.55 Å². The van der Waals surface area contributed by atoms with Crippen LogP contribution in [0.25, 0.3) is 6.08 Å². The summed E-state index contributed by atoms with van der Waals surface area (Å²) in [5, 5.41) is 43.4. The third kappa shape index (κ3) is 12.4. The van der Waals surface area contributed by atoms with Gasteiger partial charge in [-0.1, -0.05) is 88.2 Å². The molecule has 13 nitrogen and oxygen atoms in total. The lowest BCUT2D eigenvalue weighted by Crippen LogP contribution is -2.58. The summed E-state index contributed by atoms with van der Waals surface area (Å²) in [6.07, 6.45) is 4.50. The van der Waals surface area contributed by atoms with Gasteiger partial charge in [0.2, 0.25) is 0 Å². The lowest BCUT2D eigenvalue weighted by Gasteiger charge is -2.50. The van der Waals surface area contributed by atoms with Crippen LogP contribution in [0.4, 0.5) is 0 Å². The molecular formula is C42H73N2O11P. The summed E-state index contributed by atoms with van der Waals surface area (Å²) in [5.41, 5.74) is -0.541. The van der Waals surface area contributed by atoms with Gasteiger partial charge in [-0.2, -0.15) is 5.26 Å². The summed E-state index contributed by atoms with van der Waals surface area (Å²) in [6, 6.07) is 2.24. The van der Waals surface area contributed by atoms with Crippen molar-refractivity contribution in [2.45, 2.75) is 181 Å². The number of hydrogen-bond acceptors (Lipinski definition) is 11. The monoisotopic (exact) mass is 812 g/mol. The molecule has 0 saturated carbocycles. The number of methoxy groups -OCH3 is 1. The number of hydrogen-bond donors (Lipinski definition) is 5. The van der Waals surface area contributed by atoms with Gasteiger partial charge in [0, 0.05) is 49.5 Å². The zero-order chi connectivity index (χ0) is 42.2. The second-order valence-electron chi connectivity index (χ2n) is 17.9. The van der Waals surface area contributed by atoms with Crippen molar-refractivity contribution in [2.75, 3.05) is 7.11 Å². The molecule has 2 aliphatic heterocycles. The molecule has 5 N–H and O–H groups in total. The molecule has 14 heteroatoms. The molecule has 2 aliphatic rings. The third-order valence-electron chi connectivity index (χ3n) is 13.2. The lowest BCUT2D eigenvalue weighted by molar-refractivity contribution is -0.334. The van der Waals surface area contributed by atoms with E-state index in [9.17, 15) is 29.7 Å². The largest absolute Gasteiger partial charge is 0.469 e. The second-order valence-corrected chi connectivity index (χ2v) is 19.1. The number of phosphoric ester groups is 1. The number of nitriles is 1. The quantitative estimate of drug-likeness (QED) is 0.0711. The highest BCUT2D eigenvalue weighted by molar-refractivity contribution is 7.46. The first-order valence-corrected chi connectivity index (χ1v) is 22.3. The van der Waals surface area contributed by atoms with Crippen molar-refractivity contribution >= 4 is 13.9 Å². The van der Waals surface area contributed by atoms with Gasteiger partial charge in [-0.3, -0.25) is 4.52 Å². The van der Waals surface area contributed by atoms with Crippen molar-refractivity contribution in [3.63, 3.8) is 0 Å². The Morgan fingerprint density at radius 3 is 2.36 bits per heavy atom. The number of phosphoric acid groups is 1. The molecule has 322 valence electrons.